The van der Waals surface area contributed by atoms with Gasteiger partial charge in [0.1, 0.15) is 0 Å². The fourth-order valence-corrected chi connectivity index (χ4v) is 4.16. The number of amides is 2. The number of rotatable bonds is 4. The minimum Gasteiger partial charge on any atom is -0.373 e. The van der Waals surface area contributed by atoms with Crippen LogP contribution in [-0.4, -0.2) is 49.3 Å². The number of carbonyl (C=O) groups is 1. The lowest BCUT2D eigenvalue weighted by molar-refractivity contribution is -0.0458. The zero-order valence-corrected chi connectivity index (χ0v) is 14.3. The Labute approximate surface area is 140 Å². The van der Waals surface area contributed by atoms with E-state index in [1.54, 1.807) is 0 Å². The van der Waals surface area contributed by atoms with Crippen molar-refractivity contribution in [2.75, 3.05) is 26.2 Å². The number of nitrogens with zero attached hydrogens (tertiary/aromatic N) is 1. The molecule has 2 fully saturated rings. The molecule has 2 aliphatic rings. The van der Waals surface area contributed by atoms with Crippen molar-refractivity contribution in [3.8, 4) is 0 Å². The summed E-state index contributed by atoms with van der Waals surface area (Å²) in [6.45, 7) is 5.37. The molecule has 0 radical (unpaired) electrons. The van der Waals surface area contributed by atoms with Gasteiger partial charge in [-0.05, 0) is 38.4 Å². The zero-order valence-electron chi connectivity index (χ0n) is 12.7. The van der Waals surface area contributed by atoms with Crippen molar-refractivity contribution in [3.05, 3.63) is 21.3 Å². The summed E-state index contributed by atoms with van der Waals surface area (Å²) in [4.78, 5) is 15.5. The van der Waals surface area contributed by atoms with E-state index >= 15 is 0 Å². The second-order valence-corrected chi connectivity index (χ2v) is 7.71. The Morgan fingerprint density at radius 2 is 2.45 bits per heavy atom. The Hall–Kier alpha value is -0.820. The van der Waals surface area contributed by atoms with Gasteiger partial charge in [0, 0.05) is 24.0 Å². The van der Waals surface area contributed by atoms with E-state index in [2.05, 4.69) is 15.5 Å². The van der Waals surface area contributed by atoms with E-state index in [0.717, 1.165) is 28.9 Å². The van der Waals surface area contributed by atoms with Gasteiger partial charge in [-0.15, -0.1) is 11.3 Å². The minimum absolute atomic E-state index is 0.0484. The van der Waals surface area contributed by atoms with Gasteiger partial charge in [-0.2, -0.15) is 0 Å². The summed E-state index contributed by atoms with van der Waals surface area (Å²) in [5, 5.41) is 5.84. The number of ether oxygens (including phenoxy) is 1. The van der Waals surface area contributed by atoms with Crippen molar-refractivity contribution in [2.24, 2.45) is 0 Å². The summed E-state index contributed by atoms with van der Waals surface area (Å²) in [5.74, 6) is 0. The van der Waals surface area contributed by atoms with E-state index in [1.165, 1.54) is 24.2 Å². The molecule has 2 aliphatic heterocycles. The van der Waals surface area contributed by atoms with E-state index < -0.39 is 0 Å². The number of thiophene rings is 1. The van der Waals surface area contributed by atoms with Crippen LogP contribution in [0, 0.1) is 0 Å². The van der Waals surface area contributed by atoms with Crippen LogP contribution in [0.5, 0.6) is 0 Å². The number of halogens is 1. The molecular formula is C15H22ClN3O2S. The molecule has 0 unspecified atom stereocenters. The molecule has 5 nitrogen and oxygen atoms in total. The average Bonchev–Trinajstić information content (AvgIpc) is 3.13. The molecule has 0 aromatic carbocycles. The summed E-state index contributed by atoms with van der Waals surface area (Å²) in [5.41, 5.74) is 0. The van der Waals surface area contributed by atoms with Crippen LogP contribution in [0.25, 0.3) is 0 Å². The van der Waals surface area contributed by atoms with Crippen LogP contribution in [0.1, 0.15) is 30.7 Å². The molecule has 1 aromatic rings. The van der Waals surface area contributed by atoms with Crippen molar-refractivity contribution < 1.29 is 9.53 Å². The zero-order chi connectivity index (χ0) is 15.5. The Balaban J connectivity index is 1.40. The molecule has 0 aliphatic carbocycles. The second kappa shape index (κ2) is 7.17. The van der Waals surface area contributed by atoms with Gasteiger partial charge in [-0.1, -0.05) is 11.6 Å². The highest BCUT2D eigenvalue weighted by Crippen LogP contribution is 2.26. The van der Waals surface area contributed by atoms with Gasteiger partial charge in [0.2, 0.25) is 0 Å². The minimum atomic E-state index is -0.163. The highest BCUT2D eigenvalue weighted by atomic mass is 35.5. The Morgan fingerprint density at radius 3 is 3.23 bits per heavy atom. The molecule has 122 valence electrons. The molecule has 22 heavy (non-hydrogen) atoms. The van der Waals surface area contributed by atoms with Crippen molar-refractivity contribution in [3.63, 3.8) is 0 Å². The highest BCUT2D eigenvalue weighted by molar-refractivity contribution is 7.16. The lowest BCUT2D eigenvalue weighted by Gasteiger charge is -2.35. The first-order valence-electron chi connectivity index (χ1n) is 7.77. The lowest BCUT2D eigenvalue weighted by atomic mass is 10.2. The number of fused-ring (bicyclic) bond motifs is 1. The van der Waals surface area contributed by atoms with Crippen molar-refractivity contribution in [1.82, 2.24) is 15.5 Å². The van der Waals surface area contributed by atoms with Gasteiger partial charge in [0.25, 0.3) is 0 Å². The van der Waals surface area contributed by atoms with Crippen molar-refractivity contribution in [1.29, 1.82) is 0 Å². The van der Waals surface area contributed by atoms with Gasteiger partial charge in [0.05, 0.1) is 23.1 Å². The van der Waals surface area contributed by atoms with Crippen LogP contribution in [0.4, 0.5) is 4.79 Å². The Kier molecular flexibility index (Phi) is 5.23. The topological polar surface area (TPSA) is 53.6 Å². The maximum atomic E-state index is 12.0. The lowest BCUT2D eigenvalue weighted by Crippen LogP contribution is -2.51. The predicted molar refractivity (Wildman–Crippen MR) is 88.6 cm³/mol. The van der Waals surface area contributed by atoms with Gasteiger partial charge in [-0.25, -0.2) is 4.79 Å². The fourth-order valence-electron chi connectivity index (χ4n) is 3.10. The third-order valence-corrected chi connectivity index (χ3v) is 5.73. The normalized spacial score (nSPS) is 26.5. The summed E-state index contributed by atoms with van der Waals surface area (Å²) in [6, 6.07) is 4.17. The molecule has 7 heteroatoms. The van der Waals surface area contributed by atoms with Gasteiger partial charge in [-0.3, -0.25) is 4.90 Å². The maximum Gasteiger partial charge on any atom is 0.315 e. The van der Waals surface area contributed by atoms with Crippen LogP contribution >= 0.6 is 22.9 Å². The Bertz CT molecular complexity index is 525. The second-order valence-electron chi connectivity index (χ2n) is 5.96. The van der Waals surface area contributed by atoms with E-state index in [4.69, 9.17) is 16.3 Å². The number of carbonyl (C=O) groups excluding carboxylic acids is 1. The standard InChI is InChI=1S/C15H22ClN3O2S/c1-10(13-4-5-14(16)22-13)18-15(20)17-7-12-8-19-6-2-3-11(19)9-21-12/h4-5,10-12H,2-3,6-9H2,1H3,(H2,17,18,20)/t10-,11-,12+/m0/s1. The molecule has 3 rings (SSSR count). The number of urea groups is 1. The molecular weight excluding hydrogens is 322 g/mol. The van der Waals surface area contributed by atoms with E-state index in [9.17, 15) is 4.79 Å². The molecule has 3 atom stereocenters. The Morgan fingerprint density at radius 1 is 1.59 bits per heavy atom. The van der Waals surface area contributed by atoms with Crippen LogP contribution in [0.15, 0.2) is 12.1 Å². The predicted octanol–water partition coefficient (Wildman–Crippen LogP) is 2.62. The van der Waals surface area contributed by atoms with Crippen LogP contribution in [0.3, 0.4) is 0 Å². The molecule has 2 amide bonds. The van der Waals surface area contributed by atoms with E-state index in [-0.39, 0.29) is 18.2 Å². The largest absolute Gasteiger partial charge is 0.373 e. The summed E-state index contributed by atoms with van der Waals surface area (Å²) >= 11 is 7.40. The van der Waals surface area contributed by atoms with Gasteiger partial charge < -0.3 is 15.4 Å². The van der Waals surface area contributed by atoms with E-state index in [0.29, 0.717) is 12.6 Å². The number of nitrogens with one attached hydrogen (secondary N) is 2. The maximum absolute atomic E-state index is 12.0. The monoisotopic (exact) mass is 343 g/mol. The summed E-state index contributed by atoms with van der Waals surface area (Å²) in [6.07, 6.45) is 2.59. The first kappa shape index (κ1) is 16.1. The van der Waals surface area contributed by atoms with Crippen molar-refractivity contribution in [2.45, 2.75) is 38.0 Å². The average molecular weight is 344 g/mol. The summed E-state index contributed by atoms with van der Waals surface area (Å²) < 4.78 is 6.57. The third kappa shape index (κ3) is 3.93. The molecule has 2 saturated heterocycles. The number of hydrogen-bond donors (Lipinski definition) is 2. The summed E-state index contributed by atoms with van der Waals surface area (Å²) in [7, 11) is 0. The molecule has 3 heterocycles. The molecule has 0 saturated carbocycles. The van der Waals surface area contributed by atoms with Crippen molar-refractivity contribution >= 4 is 29.0 Å². The first-order chi connectivity index (χ1) is 10.6. The smallest absolute Gasteiger partial charge is 0.315 e. The SMILES string of the molecule is C[C@H](NC(=O)NC[C@@H]1CN2CCC[C@H]2CO1)c1ccc(Cl)s1. The third-order valence-electron chi connectivity index (χ3n) is 4.32. The quantitative estimate of drug-likeness (QED) is 0.883. The first-order valence-corrected chi connectivity index (χ1v) is 8.96. The van der Waals surface area contributed by atoms with Gasteiger partial charge in [0.15, 0.2) is 0 Å². The molecule has 0 bridgehead atoms. The molecule has 0 spiro atoms. The molecule has 1 aromatic heterocycles. The fraction of sp³-hybridized carbons (Fsp3) is 0.667. The van der Waals surface area contributed by atoms with E-state index in [1.807, 2.05) is 19.1 Å². The molecule has 2 N–H and O–H groups in total. The van der Waals surface area contributed by atoms with Crippen LogP contribution in [0.2, 0.25) is 4.34 Å². The number of hydrogen-bond acceptors (Lipinski definition) is 4. The van der Waals surface area contributed by atoms with Gasteiger partial charge >= 0.3 is 6.03 Å². The van der Waals surface area contributed by atoms with Crippen LogP contribution < -0.4 is 10.6 Å². The number of morpholine rings is 1. The van der Waals surface area contributed by atoms with Crippen LogP contribution in [-0.2, 0) is 4.74 Å². The highest BCUT2D eigenvalue weighted by Gasteiger charge is 2.32.